The van der Waals surface area contributed by atoms with Crippen molar-refractivity contribution < 1.29 is 19.4 Å². The molecule has 6 nitrogen and oxygen atoms in total. The maximum atomic E-state index is 11.4. The van der Waals surface area contributed by atoms with E-state index in [-0.39, 0.29) is 12.1 Å². The highest BCUT2D eigenvalue weighted by Crippen LogP contribution is 2.09. The number of nitrogens with zero attached hydrogens (tertiary/aromatic N) is 1. The first-order valence-electron chi connectivity index (χ1n) is 5.54. The van der Waals surface area contributed by atoms with Crippen molar-refractivity contribution in [1.29, 1.82) is 0 Å². The molecule has 0 aromatic carbocycles. The van der Waals surface area contributed by atoms with Gasteiger partial charge in [-0.15, -0.1) is 0 Å². The highest BCUT2D eigenvalue weighted by molar-refractivity contribution is 5.87. The van der Waals surface area contributed by atoms with E-state index in [1.54, 1.807) is 32.4 Å². The van der Waals surface area contributed by atoms with Crippen LogP contribution in [0.4, 0.5) is 4.79 Å². The van der Waals surface area contributed by atoms with Crippen LogP contribution in [-0.2, 0) is 18.3 Å². The number of hydrogen-bond acceptors (Lipinski definition) is 3. The Balaban J connectivity index is 2.59. The highest BCUT2D eigenvalue weighted by atomic mass is 16.6. The van der Waals surface area contributed by atoms with E-state index in [4.69, 9.17) is 9.84 Å². The molecule has 0 aliphatic heterocycles. The van der Waals surface area contributed by atoms with Crippen LogP contribution >= 0.6 is 0 Å². The third-order valence-electron chi connectivity index (χ3n) is 2.17. The molecule has 1 heterocycles. The molecule has 1 rings (SSSR count). The summed E-state index contributed by atoms with van der Waals surface area (Å²) >= 11 is 0. The second kappa shape index (κ2) is 5.12. The van der Waals surface area contributed by atoms with Gasteiger partial charge >= 0.3 is 12.1 Å². The van der Waals surface area contributed by atoms with E-state index in [1.807, 2.05) is 0 Å². The van der Waals surface area contributed by atoms with Gasteiger partial charge in [0.05, 0.1) is 12.1 Å². The molecule has 0 fully saturated rings. The number of aryl methyl sites for hydroxylation is 1. The molecular formula is C12H18N2O4. The van der Waals surface area contributed by atoms with Gasteiger partial charge in [-0.1, -0.05) is 0 Å². The predicted molar refractivity (Wildman–Crippen MR) is 65.4 cm³/mol. The van der Waals surface area contributed by atoms with E-state index < -0.39 is 17.7 Å². The van der Waals surface area contributed by atoms with Crippen molar-refractivity contribution in [3.8, 4) is 0 Å². The maximum absolute atomic E-state index is 11.4. The number of carboxylic acids is 1. The van der Waals surface area contributed by atoms with Gasteiger partial charge in [0.15, 0.2) is 0 Å². The first kappa shape index (κ1) is 14.1. The molecule has 1 aromatic rings. The van der Waals surface area contributed by atoms with Crippen molar-refractivity contribution >= 4 is 12.1 Å². The Bertz CT molecular complexity index is 457. The Morgan fingerprint density at radius 3 is 2.50 bits per heavy atom. The van der Waals surface area contributed by atoms with Crippen LogP contribution in [0.1, 0.15) is 36.8 Å². The van der Waals surface area contributed by atoms with Gasteiger partial charge in [-0.25, -0.2) is 9.59 Å². The molecule has 2 N–H and O–H groups in total. The van der Waals surface area contributed by atoms with Crippen molar-refractivity contribution in [2.45, 2.75) is 32.9 Å². The van der Waals surface area contributed by atoms with E-state index >= 15 is 0 Å². The van der Waals surface area contributed by atoms with Crippen molar-refractivity contribution in [1.82, 2.24) is 9.88 Å². The third kappa shape index (κ3) is 4.12. The lowest BCUT2D eigenvalue weighted by molar-refractivity contribution is 0.0522. The van der Waals surface area contributed by atoms with Crippen LogP contribution in [0.5, 0.6) is 0 Å². The average molecular weight is 254 g/mol. The quantitative estimate of drug-likeness (QED) is 0.861. The molecule has 0 unspecified atom stereocenters. The largest absolute Gasteiger partial charge is 0.478 e. The number of hydrogen-bond donors (Lipinski definition) is 2. The van der Waals surface area contributed by atoms with E-state index in [0.29, 0.717) is 5.69 Å². The van der Waals surface area contributed by atoms with Crippen LogP contribution in [-0.4, -0.2) is 27.3 Å². The zero-order valence-corrected chi connectivity index (χ0v) is 11.0. The Morgan fingerprint density at radius 1 is 1.44 bits per heavy atom. The van der Waals surface area contributed by atoms with Gasteiger partial charge in [0, 0.05) is 18.9 Å². The minimum Gasteiger partial charge on any atom is -0.478 e. The fourth-order valence-electron chi connectivity index (χ4n) is 1.38. The number of rotatable bonds is 3. The molecule has 0 saturated heterocycles. The van der Waals surface area contributed by atoms with Crippen molar-refractivity contribution in [2.24, 2.45) is 7.05 Å². The topological polar surface area (TPSA) is 80.6 Å². The third-order valence-corrected chi connectivity index (χ3v) is 2.17. The van der Waals surface area contributed by atoms with Gasteiger partial charge in [0.1, 0.15) is 5.60 Å². The van der Waals surface area contributed by atoms with Crippen LogP contribution in [0.3, 0.4) is 0 Å². The second-order valence-corrected chi connectivity index (χ2v) is 4.99. The fourth-order valence-corrected chi connectivity index (χ4v) is 1.38. The molecule has 18 heavy (non-hydrogen) atoms. The smallest absolute Gasteiger partial charge is 0.407 e. The Kier molecular flexibility index (Phi) is 4.00. The van der Waals surface area contributed by atoms with Crippen LogP contribution in [0, 0.1) is 0 Å². The lowest BCUT2D eigenvalue weighted by Crippen LogP contribution is -2.32. The van der Waals surface area contributed by atoms with Crippen LogP contribution in [0.2, 0.25) is 0 Å². The summed E-state index contributed by atoms with van der Waals surface area (Å²) in [4.78, 5) is 22.2. The molecular weight excluding hydrogens is 236 g/mol. The Hall–Kier alpha value is -1.98. The summed E-state index contributed by atoms with van der Waals surface area (Å²) in [5.74, 6) is -0.992. The number of aromatic carboxylic acids is 1. The zero-order chi connectivity index (χ0) is 13.9. The zero-order valence-electron chi connectivity index (χ0n) is 11.0. The monoisotopic (exact) mass is 254 g/mol. The van der Waals surface area contributed by atoms with E-state index in [1.165, 1.54) is 12.3 Å². The minimum absolute atomic E-state index is 0.193. The molecule has 1 aromatic heterocycles. The minimum atomic E-state index is -0.992. The van der Waals surface area contributed by atoms with E-state index in [9.17, 15) is 9.59 Å². The van der Waals surface area contributed by atoms with Crippen LogP contribution in [0.15, 0.2) is 12.3 Å². The summed E-state index contributed by atoms with van der Waals surface area (Å²) in [6.45, 7) is 5.55. The molecule has 0 spiro atoms. The number of carboxylic acid groups (broad SMARTS) is 1. The summed E-state index contributed by atoms with van der Waals surface area (Å²) < 4.78 is 6.73. The number of carbonyl (C=O) groups excluding carboxylic acids is 1. The first-order valence-corrected chi connectivity index (χ1v) is 5.54. The lowest BCUT2D eigenvalue weighted by Gasteiger charge is -2.19. The number of carbonyl (C=O) groups is 2. The van der Waals surface area contributed by atoms with Gasteiger partial charge in [0.2, 0.25) is 0 Å². The van der Waals surface area contributed by atoms with Crippen LogP contribution in [0.25, 0.3) is 0 Å². The summed E-state index contributed by atoms with van der Waals surface area (Å²) in [6.07, 6.45) is 0.967. The molecule has 0 aliphatic carbocycles. The van der Waals surface area contributed by atoms with Crippen molar-refractivity contribution in [3.05, 3.63) is 23.5 Å². The molecule has 0 bridgehead atoms. The van der Waals surface area contributed by atoms with Gasteiger partial charge in [-0.2, -0.15) is 0 Å². The Labute approximate surface area is 106 Å². The summed E-state index contributed by atoms with van der Waals surface area (Å²) in [6, 6.07) is 1.51. The molecule has 0 atom stereocenters. The highest BCUT2D eigenvalue weighted by Gasteiger charge is 2.16. The molecule has 0 radical (unpaired) electrons. The standard InChI is InChI=1S/C12H18N2O4/c1-12(2,3)18-11(17)13-6-9-5-8(10(15)16)7-14(9)4/h5,7H,6H2,1-4H3,(H,13,17)(H,15,16). The van der Waals surface area contributed by atoms with E-state index in [2.05, 4.69) is 5.32 Å². The lowest BCUT2D eigenvalue weighted by atomic mass is 10.2. The van der Waals surface area contributed by atoms with E-state index in [0.717, 1.165) is 0 Å². The van der Waals surface area contributed by atoms with Crippen LogP contribution < -0.4 is 5.32 Å². The molecule has 6 heteroatoms. The first-order chi connectivity index (χ1) is 8.19. The molecule has 0 aliphatic rings. The average Bonchev–Trinajstić information content (AvgIpc) is 2.54. The molecule has 0 saturated carbocycles. The predicted octanol–water partition coefficient (Wildman–Crippen LogP) is 1.75. The van der Waals surface area contributed by atoms with Gasteiger partial charge in [-0.3, -0.25) is 0 Å². The molecule has 1 amide bonds. The number of alkyl carbamates (subject to hydrolysis) is 1. The number of amides is 1. The van der Waals surface area contributed by atoms with Gasteiger partial charge in [0.25, 0.3) is 0 Å². The van der Waals surface area contributed by atoms with Gasteiger partial charge < -0.3 is 19.7 Å². The second-order valence-electron chi connectivity index (χ2n) is 4.99. The summed E-state index contributed by atoms with van der Waals surface area (Å²) in [5, 5.41) is 11.4. The van der Waals surface area contributed by atoms with Crippen molar-refractivity contribution in [2.75, 3.05) is 0 Å². The molecule has 100 valence electrons. The SMILES string of the molecule is Cn1cc(C(=O)O)cc1CNC(=O)OC(C)(C)C. The number of ether oxygens (including phenoxy) is 1. The fraction of sp³-hybridized carbons (Fsp3) is 0.500. The summed E-state index contributed by atoms with van der Waals surface area (Å²) in [7, 11) is 1.72. The Morgan fingerprint density at radius 2 is 2.06 bits per heavy atom. The maximum Gasteiger partial charge on any atom is 0.407 e. The van der Waals surface area contributed by atoms with Crippen molar-refractivity contribution in [3.63, 3.8) is 0 Å². The number of aromatic nitrogens is 1. The number of nitrogens with one attached hydrogen (secondary N) is 1. The normalized spacial score (nSPS) is 11.1. The summed E-state index contributed by atoms with van der Waals surface area (Å²) in [5.41, 5.74) is 0.335. The van der Waals surface area contributed by atoms with Gasteiger partial charge in [-0.05, 0) is 26.8 Å².